The number of benzene rings is 1. The third-order valence-corrected chi connectivity index (χ3v) is 5.96. The Morgan fingerprint density at radius 3 is 2.41 bits per heavy atom. The number of halogens is 4. The number of nitrogens with one attached hydrogen (secondary N) is 1. The van der Waals surface area contributed by atoms with Crippen LogP contribution < -0.4 is 10.1 Å². The summed E-state index contributed by atoms with van der Waals surface area (Å²) in [6, 6.07) is 4.92. The molecule has 1 aliphatic heterocycles. The van der Waals surface area contributed by atoms with Gasteiger partial charge in [-0.25, -0.2) is 4.79 Å². The second-order valence-electron chi connectivity index (χ2n) is 6.53. The highest BCUT2D eigenvalue weighted by Gasteiger charge is 2.53. The molecule has 2 N–H and O–H groups in total. The number of aliphatic hydroxyl groups is 1. The molecule has 0 radical (unpaired) electrons. The molecule has 2 rings (SSSR count). The Morgan fingerprint density at radius 2 is 1.88 bits per heavy atom. The highest BCUT2D eigenvalue weighted by atomic mass is 79.9. The van der Waals surface area contributed by atoms with Gasteiger partial charge in [0.1, 0.15) is 29.5 Å². The first kappa shape index (κ1) is 28.2. The lowest BCUT2D eigenvalue weighted by atomic mass is 10.0. The van der Waals surface area contributed by atoms with E-state index < -0.39 is 51.1 Å². The molecule has 1 heterocycles. The van der Waals surface area contributed by atoms with Gasteiger partial charge in [0.15, 0.2) is 11.3 Å². The van der Waals surface area contributed by atoms with E-state index in [-0.39, 0.29) is 18.2 Å². The van der Waals surface area contributed by atoms with Crippen LogP contribution in [-0.2, 0) is 35.1 Å². The van der Waals surface area contributed by atoms with E-state index in [0.29, 0.717) is 28.7 Å². The van der Waals surface area contributed by atoms with E-state index in [0.717, 1.165) is 4.90 Å². The second-order valence-corrected chi connectivity index (χ2v) is 10.6. The Balaban J connectivity index is 2.15. The number of aliphatic hydroxyl groups excluding tert-OH is 1. The number of allylic oxidation sites excluding steroid dienone is 1. The minimum atomic E-state index is -1.94. The van der Waals surface area contributed by atoms with Crippen LogP contribution in [0.1, 0.15) is 5.56 Å². The molecule has 10 nitrogen and oxygen atoms in total. The van der Waals surface area contributed by atoms with E-state index in [1.165, 1.54) is 12.1 Å². The maximum atomic E-state index is 12.8. The third kappa shape index (κ3) is 7.51. The van der Waals surface area contributed by atoms with Crippen molar-refractivity contribution in [3.63, 3.8) is 0 Å². The second kappa shape index (κ2) is 12.6. The van der Waals surface area contributed by atoms with Crippen molar-refractivity contribution in [1.29, 1.82) is 0 Å². The number of thioether (sulfide) groups is 1. The average molecular weight is 619 g/mol. The fraction of sp³-hybridized carbons (Fsp3) is 0.316. The molecule has 1 aliphatic rings. The lowest BCUT2D eigenvalue weighted by Gasteiger charge is -2.45. The van der Waals surface area contributed by atoms with Crippen molar-refractivity contribution >= 4 is 92.4 Å². The van der Waals surface area contributed by atoms with Gasteiger partial charge in [-0.15, -0.1) is 0 Å². The summed E-state index contributed by atoms with van der Waals surface area (Å²) < 4.78 is 7.60. The summed E-state index contributed by atoms with van der Waals surface area (Å²) in [7, 11) is 0. The predicted octanol–water partition coefficient (Wildman–Crippen LogP) is 2.42. The molecule has 1 aromatic carbocycles. The Morgan fingerprint density at radius 1 is 1.24 bits per heavy atom. The number of hydrogen-bond acceptors (Lipinski definition) is 9. The summed E-state index contributed by atoms with van der Waals surface area (Å²) in [5.74, 6) is -2.76. The lowest BCUT2D eigenvalue weighted by Crippen LogP contribution is -2.69. The Bertz CT molecular complexity index is 987. The summed E-state index contributed by atoms with van der Waals surface area (Å²) in [5.41, 5.74) is 0.420. The molecule has 2 amide bonds. The van der Waals surface area contributed by atoms with Gasteiger partial charge in [-0.05, 0) is 17.7 Å². The number of alkyl halides is 4. The molecule has 0 saturated carbocycles. The Kier molecular flexibility index (Phi) is 10.5. The maximum absolute atomic E-state index is 12.8. The van der Waals surface area contributed by atoms with Crippen molar-refractivity contribution < 1.29 is 38.6 Å². The van der Waals surface area contributed by atoms with E-state index in [1.54, 1.807) is 12.1 Å². The minimum Gasteiger partial charge on any atom is -0.509 e. The van der Waals surface area contributed by atoms with Crippen LogP contribution in [-0.4, -0.2) is 67.0 Å². The van der Waals surface area contributed by atoms with Gasteiger partial charge in [0.05, 0.1) is 11.8 Å². The summed E-state index contributed by atoms with van der Waals surface area (Å²) in [4.78, 5) is 60.1. The van der Waals surface area contributed by atoms with Gasteiger partial charge < -0.3 is 19.9 Å². The molecule has 1 aromatic rings. The van der Waals surface area contributed by atoms with Gasteiger partial charge in [0.2, 0.25) is 9.70 Å². The van der Waals surface area contributed by atoms with Crippen molar-refractivity contribution in [2.24, 2.45) is 0 Å². The maximum Gasteiger partial charge on any atom is 0.358 e. The monoisotopic (exact) mass is 616 g/mol. The number of β-lactam (4-membered cyclic amide) rings is 1. The van der Waals surface area contributed by atoms with Crippen molar-refractivity contribution in [2.75, 3.05) is 11.9 Å². The minimum absolute atomic E-state index is 0.121. The SMILES string of the molecule is O=COc1ccc(CC(=O)NC2C(=O)N(C(C(=O)OCC(Cl)(Cl)Cl)=C(O)CBr)C2SC=O)cc1. The lowest BCUT2D eigenvalue weighted by molar-refractivity contribution is -0.153. The molecule has 15 heteroatoms. The first-order chi connectivity index (χ1) is 16.0. The molecule has 0 bridgehead atoms. The van der Waals surface area contributed by atoms with Crippen LogP contribution in [0.4, 0.5) is 0 Å². The third-order valence-electron chi connectivity index (χ3n) is 4.23. The Hall–Kier alpha value is -1.99. The molecule has 2 unspecified atom stereocenters. The van der Waals surface area contributed by atoms with Gasteiger partial charge >= 0.3 is 5.97 Å². The van der Waals surface area contributed by atoms with E-state index in [1.807, 2.05) is 0 Å². The van der Waals surface area contributed by atoms with Gasteiger partial charge in [-0.3, -0.25) is 24.1 Å². The summed E-state index contributed by atoms with van der Waals surface area (Å²) >= 11 is 20.3. The number of carbonyl (C=O) groups is 5. The fourth-order valence-electron chi connectivity index (χ4n) is 2.82. The predicted molar refractivity (Wildman–Crippen MR) is 128 cm³/mol. The summed E-state index contributed by atoms with van der Waals surface area (Å²) in [6.45, 7) is -0.399. The number of nitrogens with zero attached hydrogens (tertiary/aromatic N) is 1. The molecule has 34 heavy (non-hydrogen) atoms. The average Bonchev–Trinajstić information content (AvgIpc) is 2.79. The van der Waals surface area contributed by atoms with Crippen LogP contribution in [0.25, 0.3) is 0 Å². The van der Waals surface area contributed by atoms with Crippen LogP contribution in [0.15, 0.2) is 35.7 Å². The number of carbonyl (C=O) groups excluding carboxylic acids is 5. The van der Waals surface area contributed by atoms with Crippen LogP contribution in [0.5, 0.6) is 5.75 Å². The number of likely N-dealkylation sites (tertiary alicyclic amines) is 1. The number of hydrogen-bond donors (Lipinski definition) is 2. The smallest absolute Gasteiger partial charge is 0.358 e. The van der Waals surface area contributed by atoms with Crippen molar-refractivity contribution in [3.05, 3.63) is 41.3 Å². The van der Waals surface area contributed by atoms with E-state index in [9.17, 15) is 29.1 Å². The first-order valence-electron chi connectivity index (χ1n) is 9.15. The molecule has 1 saturated heterocycles. The molecule has 2 atom stereocenters. The molecular weight excluding hydrogens is 603 g/mol. The fourth-order valence-corrected chi connectivity index (χ4v) is 4.03. The van der Waals surface area contributed by atoms with Crippen LogP contribution in [0, 0.1) is 0 Å². The molecule has 0 aliphatic carbocycles. The summed E-state index contributed by atoms with van der Waals surface area (Å²) in [6.07, 6.45) is -0.121. The van der Waals surface area contributed by atoms with Crippen LogP contribution >= 0.6 is 62.5 Å². The van der Waals surface area contributed by atoms with E-state index >= 15 is 0 Å². The van der Waals surface area contributed by atoms with Gasteiger partial charge in [-0.2, -0.15) is 0 Å². The molecule has 184 valence electrons. The normalized spacial score (nSPS) is 18.4. The Labute approximate surface area is 221 Å². The molecule has 1 fully saturated rings. The summed E-state index contributed by atoms with van der Waals surface area (Å²) in [5, 5.41) is 11.4. The first-order valence-corrected chi connectivity index (χ1v) is 12.3. The van der Waals surface area contributed by atoms with Crippen LogP contribution in [0.3, 0.4) is 0 Å². The van der Waals surface area contributed by atoms with Crippen molar-refractivity contribution in [3.8, 4) is 5.75 Å². The van der Waals surface area contributed by atoms with Gasteiger partial charge in [-0.1, -0.05) is 74.6 Å². The number of esters is 1. The van der Waals surface area contributed by atoms with Gasteiger partial charge in [0.25, 0.3) is 12.4 Å². The van der Waals surface area contributed by atoms with Crippen molar-refractivity contribution in [1.82, 2.24) is 10.2 Å². The zero-order valence-corrected chi connectivity index (χ0v) is 21.6. The van der Waals surface area contributed by atoms with Crippen LogP contribution in [0.2, 0.25) is 0 Å². The number of amides is 2. The van der Waals surface area contributed by atoms with E-state index in [2.05, 4.69) is 26.0 Å². The molecular formula is C19H16BrCl3N2O8S. The topological polar surface area (TPSA) is 139 Å². The standard InChI is InChI=1S/C19H16BrCl3N2O8S/c20-6-12(28)15(18(31)32-7-19(21,22)23)25-16(30)14(17(25)34-9-27)24-13(29)5-10-1-3-11(4-2-10)33-8-26/h1-4,8-9,14,17,28H,5-7H2,(H,24,29). The highest BCUT2D eigenvalue weighted by molar-refractivity contribution is 9.09. The zero-order valence-electron chi connectivity index (χ0n) is 16.9. The molecule has 0 aromatic heterocycles. The number of rotatable bonds is 11. The van der Waals surface area contributed by atoms with E-state index in [4.69, 9.17) is 39.5 Å². The van der Waals surface area contributed by atoms with Gasteiger partial charge in [0, 0.05) is 0 Å². The van der Waals surface area contributed by atoms with Crippen molar-refractivity contribution in [2.45, 2.75) is 21.6 Å². The zero-order chi connectivity index (χ0) is 25.5. The highest BCUT2D eigenvalue weighted by Crippen LogP contribution is 2.35. The quantitative estimate of drug-likeness (QED) is 0.0956. The molecule has 0 spiro atoms. The number of ether oxygens (including phenoxy) is 2. The largest absolute Gasteiger partial charge is 0.509 e.